The first kappa shape index (κ1) is 28.0. The maximum Gasteiger partial charge on any atom is 0.327 e. The van der Waals surface area contributed by atoms with Crippen molar-refractivity contribution in [1.29, 1.82) is 0 Å². The summed E-state index contributed by atoms with van der Waals surface area (Å²) in [5.41, 5.74) is 3.18. The number of aliphatic hydroxyl groups is 2. The molecule has 9 nitrogen and oxygen atoms in total. The zero-order chi connectivity index (χ0) is 26.9. The molecule has 0 spiro atoms. The van der Waals surface area contributed by atoms with Crippen LogP contribution in [-0.2, 0) is 22.6 Å². The van der Waals surface area contributed by atoms with E-state index in [-0.39, 0.29) is 36.8 Å². The summed E-state index contributed by atoms with van der Waals surface area (Å²) in [5.74, 6) is 3.21. The molecule has 3 aromatic rings. The van der Waals surface area contributed by atoms with Crippen molar-refractivity contribution in [2.24, 2.45) is 5.90 Å². The highest BCUT2D eigenvalue weighted by Gasteiger charge is 2.26. The molecule has 5 N–H and O–H groups in total. The molecule has 2 atom stereocenters. The summed E-state index contributed by atoms with van der Waals surface area (Å²) in [5, 5.41) is 28.1. The number of benzene rings is 2. The number of halogens is 1. The van der Waals surface area contributed by atoms with Gasteiger partial charge in [-0.15, -0.1) is 0 Å². The molecule has 0 radical (unpaired) electrons. The summed E-state index contributed by atoms with van der Waals surface area (Å²) in [6, 6.07) is 15.3. The van der Waals surface area contributed by atoms with Crippen LogP contribution in [0.25, 0.3) is 5.69 Å². The van der Waals surface area contributed by atoms with Crippen LogP contribution >= 0.6 is 0 Å². The number of carbonyl (C=O) groups excluding carboxylic acids is 2. The first-order chi connectivity index (χ1) is 17.7. The third-order valence-corrected chi connectivity index (χ3v) is 5.97. The van der Waals surface area contributed by atoms with E-state index >= 15 is 0 Å². The summed E-state index contributed by atoms with van der Waals surface area (Å²) >= 11 is 0. The highest BCUT2D eigenvalue weighted by molar-refractivity contribution is 5.94. The molecule has 198 valence electrons. The minimum atomic E-state index is -1.11. The molecule has 0 bridgehead atoms. The molecule has 1 aromatic heterocycles. The molecule has 1 heterocycles. The van der Waals surface area contributed by atoms with Crippen molar-refractivity contribution in [3.8, 4) is 5.69 Å². The van der Waals surface area contributed by atoms with Gasteiger partial charge in [0.05, 0.1) is 24.3 Å². The number of aromatic nitrogens is 2. The largest absolute Gasteiger partial charge is 0.393 e. The van der Waals surface area contributed by atoms with Gasteiger partial charge in [-0.1, -0.05) is 44.2 Å². The third kappa shape index (κ3) is 7.69. The molecule has 3 rings (SSSR count). The van der Waals surface area contributed by atoms with Crippen molar-refractivity contribution in [2.45, 2.75) is 64.2 Å². The minimum Gasteiger partial charge on any atom is -0.393 e. The van der Waals surface area contributed by atoms with E-state index in [0.717, 1.165) is 5.56 Å². The van der Waals surface area contributed by atoms with Crippen molar-refractivity contribution in [3.05, 3.63) is 82.9 Å². The first-order valence-electron chi connectivity index (χ1n) is 12.1. The van der Waals surface area contributed by atoms with Crippen LogP contribution in [0.4, 0.5) is 4.39 Å². The van der Waals surface area contributed by atoms with Crippen LogP contribution in [0.1, 0.15) is 66.3 Å². The highest BCUT2D eigenvalue weighted by Crippen LogP contribution is 2.28. The predicted octanol–water partition coefficient (Wildman–Crippen LogP) is 2.92. The van der Waals surface area contributed by atoms with E-state index < -0.39 is 24.0 Å². The Kier molecular flexibility index (Phi) is 9.90. The average Bonchev–Trinajstić information content (AvgIpc) is 3.27. The molecule has 37 heavy (non-hydrogen) atoms. The lowest BCUT2D eigenvalue weighted by atomic mass is 9.95. The molecule has 1 amide bonds. The number of carbonyl (C=O) groups is 2. The number of aliphatic hydroxyl groups excluding tert-OH is 2. The van der Waals surface area contributed by atoms with Crippen LogP contribution in [0.5, 0.6) is 0 Å². The quantitative estimate of drug-likeness (QED) is 0.274. The smallest absolute Gasteiger partial charge is 0.327 e. The monoisotopic (exact) mass is 512 g/mol. The van der Waals surface area contributed by atoms with E-state index in [1.165, 1.54) is 12.1 Å². The van der Waals surface area contributed by atoms with Gasteiger partial charge in [0.1, 0.15) is 5.82 Å². The van der Waals surface area contributed by atoms with Crippen LogP contribution in [-0.4, -0.2) is 44.1 Å². The van der Waals surface area contributed by atoms with Crippen molar-refractivity contribution >= 4 is 11.9 Å². The summed E-state index contributed by atoms with van der Waals surface area (Å²) in [7, 11) is 0. The number of nitrogens with one attached hydrogen (secondary N) is 1. The lowest BCUT2D eigenvalue weighted by Crippen LogP contribution is -2.24. The van der Waals surface area contributed by atoms with Gasteiger partial charge in [-0.05, 0) is 55.0 Å². The number of hydrogen-bond acceptors (Lipinski definition) is 7. The first-order valence-corrected chi connectivity index (χ1v) is 12.1. The number of hydrogen-bond donors (Lipinski definition) is 4. The molecule has 0 saturated heterocycles. The van der Waals surface area contributed by atoms with E-state index in [1.807, 2.05) is 44.2 Å². The molecular weight excluding hydrogens is 479 g/mol. The Morgan fingerprint density at radius 2 is 1.76 bits per heavy atom. The van der Waals surface area contributed by atoms with Gasteiger partial charge in [0.15, 0.2) is 5.69 Å². The van der Waals surface area contributed by atoms with Gasteiger partial charge in [0.25, 0.3) is 5.91 Å². The Bertz CT molecular complexity index is 1180. The zero-order valence-corrected chi connectivity index (χ0v) is 20.9. The second kappa shape index (κ2) is 13.1. The Morgan fingerprint density at radius 1 is 1.08 bits per heavy atom. The fourth-order valence-corrected chi connectivity index (χ4v) is 4.20. The van der Waals surface area contributed by atoms with Crippen molar-refractivity contribution in [3.63, 3.8) is 0 Å². The van der Waals surface area contributed by atoms with E-state index in [0.29, 0.717) is 29.9 Å². The molecular formula is C27H33FN4O5. The standard InChI is InChI=1S/C27H33FN4O5/c1-17(2)25-23(13-12-21(33)14-22(34)15-24(35)37-29)32(20-10-8-19(28)9-11-20)31-26(25)27(36)30-16-18-6-4-3-5-7-18/h3-11,17,21-22,33-34H,12-16,29H2,1-2H3,(H,30,36). The second-order valence-corrected chi connectivity index (χ2v) is 9.20. The van der Waals surface area contributed by atoms with E-state index in [1.54, 1.807) is 16.8 Å². The zero-order valence-electron chi connectivity index (χ0n) is 20.9. The molecule has 10 heteroatoms. The van der Waals surface area contributed by atoms with Gasteiger partial charge in [0, 0.05) is 17.8 Å². The molecule has 0 saturated carbocycles. The molecule has 2 unspecified atom stereocenters. The van der Waals surface area contributed by atoms with E-state index in [9.17, 15) is 24.2 Å². The van der Waals surface area contributed by atoms with Crippen LogP contribution in [0.2, 0.25) is 0 Å². The lowest BCUT2D eigenvalue weighted by Gasteiger charge is -2.17. The number of amides is 1. The normalized spacial score (nSPS) is 12.8. The van der Waals surface area contributed by atoms with Gasteiger partial charge in [-0.25, -0.2) is 9.07 Å². The molecule has 0 aliphatic heterocycles. The van der Waals surface area contributed by atoms with Crippen molar-refractivity contribution in [1.82, 2.24) is 15.1 Å². The molecule has 0 fully saturated rings. The molecule has 0 aliphatic carbocycles. The highest BCUT2D eigenvalue weighted by atomic mass is 19.1. The minimum absolute atomic E-state index is 0.0543. The topological polar surface area (TPSA) is 140 Å². The fourth-order valence-electron chi connectivity index (χ4n) is 4.20. The van der Waals surface area contributed by atoms with Crippen molar-refractivity contribution < 1.29 is 29.0 Å². The molecule has 0 aliphatic rings. The molecule has 2 aromatic carbocycles. The summed E-state index contributed by atoms with van der Waals surface area (Å²) in [4.78, 5) is 28.6. The van der Waals surface area contributed by atoms with Crippen LogP contribution < -0.4 is 11.2 Å². The van der Waals surface area contributed by atoms with Crippen LogP contribution in [0.15, 0.2) is 54.6 Å². The van der Waals surface area contributed by atoms with E-state index in [2.05, 4.69) is 15.3 Å². The Balaban J connectivity index is 1.88. The second-order valence-electron chi connectivity index (χ2n) is 9.20. The van der Waals surface area contributed by atoms with Crippen LogP contribution in [0.3, 0.4) is 0 Å². The summed E-state index contributed by atoms with van der Waals surface area (Å²) in [6.07, 6.45) is -1.89. The summed E-state index contributed by atoms with van der Waals surface area (Å²) in [6.45, 7) is 4.22. The summed E-state index contributed by atoms with van der Waals surface area (Å²) < 4.78 is 15.2. The number of nitrogens with two attached hydrogens (primary N) is 1. The maximum absolute atomic E-state index is 13.6. The Morgan fingerprint density at radius 3 is 2.38 bits per heavy atom. The van der Waals surface area contributed by atoms with Gasteiger partial charge >= 0.3 is 5.97 Å². The van der Waals surface area contributed by atoms with Gasteiger partial charge in [-0.3, -0.25) is 9.59 Å². The number of nitrogens with zero attached hydrogens (tertiary/aromatic N) is 2. The third-order valence-electron chi connectivity index (χ3n) is 5.97. The Labute approximate surface area is 215 Å². The number of rotatable bonds is 12. The van der Waals surface area contributed by atoms with E-state index in [4.69, 9.17) is 5.90 Å². The average molecular weight is 513 g/mol. The maximum atomic E-state index is 13.6. The Hall–Kier alpha value is -3.60. The van der Waals surface area contributed by atoms with Gasteiger partial charge in [-0.2, -0.15) is 11.0 Å². The SMILES string of the molecule is CC(C)c1c(C(=O)NCc2ccccc2)nn(-c2ccc(F)cc2)c1CCC(O)CC(O)CC(=O)ON. The van der Waals surface area contributed by atoms with Crippen molar-refractivity contribution in [2.75, 3.05) is 0 Å². The van der Waals surface area contributed by atoms with Gasteiger partial charge in [0.2, 0.25) is 0 Å². The predicted molar refractivity (Wildman–Crippen MR) is 135 cm³/mol. The van der Waals surface area contributed by atoms with Gasteiger partial charge < -0.3 is 20.4 Å². The lowest BCUT2D eigenvalue weighted by molar-refractivity contribution is -0.146. The fraction of sp³-hybridized carbons (Fsp3) is 0.370. The van der Waals surface area contributed by atoms with Crippen LogP contribution in [0, 0.1) is 5.82 Å².